The third-order valence-corrected chi connectivity index (χ3v) is 5.34. The van der Waals surface area contributed by atoms with Crippen LogP contribution in [0.3, 0.4) is 0 Å². The molecule has 24 heavy (non-hydrogen) atoms. The molecule has 4 heteroatoms. The molecule has 0 spiro atoms. The van der Waals surface area contributed by atoms with E-state index in [1.165, 1.54) is 33.3 Å². The Kier molecular flexibility index (Phi) is 5.28. The Balaban J connectivity index is 1.87. The zero-order valence-electron chi connectivity index (χ0n) is 15.6. The molecule has 0 amide bonds. The Morgan fingerprint density at radius 1 is 1.25 bits per heavy atom. The maximum atomic E-state index is 5.98. The van der Waals surface area contributed by atoms with Gasteiger partial charge < -0.3 is 15.0 Å². The Labute approximate surface area is 145 Å². The zero-order chi connectivity index (χ0) is 17.3. The molecule has 0 aliphatic carbocycles. The predicted octanol–water partition coefficient (Wildman–Crippen LogP) is 3.12. The van der Waals surface area contributed by atoms with Gasteiger partial charge in [0.1, 0.15) is 0 Å². The third-order valence-electron chi connectivity index (χ3n) is 5.34. The van der Waals surface area contributed by atoms with Gasteiger partial charge in [-0.3, -0.25) is 4.90 Å². The second-order valence-electron chi connectivity index (χ2n) is 7.18. The van der Waals surface area contributed by atoms with E-state index in [1.807, 2.05) is 0 Å². The summed E-state index contributed by atoms with van der Waals surface area (Å²) in [5.41, 5.74) is 13.1. The number of aromatic nitrogens is 1. The number of rotatable bonds is 7. The number of nitrogens with two attached hydrogens (primary N) is 1. The summed E-state index contributed by atoms with van der Waals surface area (Å²) in [7, 11) is 2.18. The van der Waals surface area contributed by atoms with Crippen molar-refractivity contribution >= 4 is 10.9 Å². The summed E-state index contributed by atoms with van der Waals surface area (Å²) < 4.78 is 7.85. The van der Waals surface area contributed by atoms with E-state index in [0.29, 0.717) is 0 Å². The molecule has 1 aromatic carbocycles. The van der Waals surface area contributed by atoms with Gasteiger partial charge in [0.25, 0.3) is 0 Å². The number of hydrogen-bond acceptors (Lipinski definition) is 3. The number of ether oxygens (including phenoxy) is 1. The van der Waals surface area contributed by atoms with Crippen LogP contribution in [-0.2, 0) is 31.3 Å². The van der Waals surface area contributed by atoms with Gasteiger partial charge in [0, 0.05) is 55.9 Å². The number of aryl methyl sites for hydroxylation is 2. The molecule has 1 aliphatic heterocycles. The number of nitrogens with zero attached hydrogens (tertiary/aromatic N) is 2. The van der Waals surface area contributed by atoms with Crippen molar-refractivity contribution in [3.8, 4) is 0 Å². The van der Waals surface area contributed by atoms with Crippen molar-refractivity contribution in [3.05, 3.63) is 34.5 Å². The average Bonchev–Trinajstić information content (AvgIpc) is 3.04. The molecule has 2 heterocycles. The molecule has 0 saturated heterocycles. The first-order valence-electron chi connectivity index (χ1n) is 9.16. The van der Waals surface area contributed by atoms with E-state index in [0.717, 1.165) is 45.7 Å². The lowest BCUT2D eigenvalue weighted by atomic mass is 10.0. The number of hydrogen-bond donors (Lipinski definition) is 1. The normalized spacial score (nSPS) is 16.0. The van der Waals surface area contributed by atoms with E-state index in [1.54, 1.807) is 0 Å². The molecule has 1 aromatic heterocycles. The number of fused-ring (bicyclic) bond motifs is 2. The van der Waals surface area contributed by atoms with E-state index in [4.69, 9.17) is 10.5 Å². The lowest BCUT2D eigenvalue weighted by Crippen LogP contribution is -2.21. The van der Waals surface area contributed by atoms with Crippen molar-refractivity contribution in [3.63, 3.8) is 0 Å². The molecule has 2 N–H and O–H groups in total. The molecule has 4 nitrogen and oxygen atoms in total. The second-order valence-corrected chi connectivity index (χ2v) is 7.18. The van der Waals surface area contributed by atoms with Crippen LogP contribution in [0.4, 0.5) is 0 Å². The molecule has 132 valence electrons. The first-order valence-corrected chi connectivity index (χ1v) is 9.16. The Morgan fingerprint density at radius 3 is 2.62 bits per heavy atom. The highest BCUT2D eigenvalue weighted by Gasteiger charge is 2.22. The highest BCUT2D eigenvalue weighted by molar-refractivity contribution is 5.87. The monoisotopic (exact) mass is 329 g/mol. The fraction of sp³-hybridized carbons (Fsp3) is 0.600. The molecular formula is C20H31N3O. The van der Waals surface area contributed by atoms with Crippen LogP contribution in [0.2, 0.25) is 0 Å². The highest BCUT2D eigenvalue weighted by Crippen LogP contribution is 2.33. The minimum absolute atomic E-state index is 0.253. The molecule has 0 saturated carbocycles. The van der Waals surface area contributed by atoms with Gasteiger partial charge in [-0.05, 0) is 62.4 Å². The van der Waals surface area contributed by atoms with Crippen LogP contribution in [-0.4, -0.2) is 35.3 Å². The molecular weight excluding hydrogens is 298 g/mol. The van der Waals surface area contributed by atoms with E-state index in [-0.39, 0.29) is 6.04 Å². The highest BCUT2D eigenvalue weighted by atomic mass is 16.5. The van der Waals surface area contributed by atoms with Crippen LogP contribution < -0.4 is 5.73 Å². The molecule has 1 aliphatic rings. The van der Waals surface area contributed by atoms with Gasteiger partial charge in [-0.25, -0.2) is 0 Å². The molecule has 2 aromatic rings. The van der Waals surface area contributed by atoms with Crippen molar-refractivity contribution in [1.29, 1.82) is 0 Å². The standard InChI is InChI=1S/C20H31N3O/c1-5-24-9-8-23-12-16-10-19-18(7-6-14(2)21)15(3)22(4)20(19)11-17(16)13-23/h10-11,14H,5-9,12-13,21H2,1-4H3. The smallest absolute Gasteiger partial charge is 0.0593 e. The average molecular weight is 329 g/mol. The van der Waals surface area contributed by atoms with Crippen LogP contribution in [0.5, 0.6) is 0 Å². The quantitative estimate of drug-likeness (QED) is 0.794. The van der Waals surface area contributed by atoms with Gasteiger partial charge >= 0.3 is 0 Å². The maximum Gasteiger partial charge on any atom is 0.0593 e. The minimum atomic E-state index is 0.253. The summed E-state index contributed by atoms with van der Waals surface area (Å²) in [5, 5.41) is 1.42. The van der Waals surface area contributed by atoms with Crippen molar-refractivity contribution in [2.75, 3.05) is 19.8 Å². The first kappa shape index (κ1) is 17.5. The van der Waals surface area contributed by atoms with E-state index in [2.05, 4.69) is 49.4 Å². The van der Waals surface area contributed by atoms with Gasteiger partial charge in [-0.1, -0.05) is 0 Å². The van der Waals surface area contributed by atoms with Crippen LogP contribution in [0.25, 0.3) is 10.9 Å². The molecule has 1 atom stereocenters. The fourth-order valence-corrected chi connectivity index (χ4v) is 3.79. The summed E-state index contributed by atoms with van der Waals surface area (Å²) in [6.07, 6.45) is 2.10. The minimum Gasteiger partial charge on any atom is -0.380 e. The summed E-state index contributed by atoms with van der Waals surface area (Å²) >= 11 is 0. The van der Waals surface area contributed by atoms with E-state index >= 15 is 0 Å². The van der Waals surface area contributed by atoms with E-state index < -0.39 is 0 Å². The third kappa shape index (κ3) is 3.37. The van der Waals surface area contributed by atoms with E-state index in [9.17, 15) is 0 Å². The molecule has 0 fully saturated rings. The summed E-state index contributed by atoms with van der Waals surface area (Å²) in [6.45, 7) is 11.1. The second kappa shape index (κ2) is 7.26. The fourth-order valence-electron chi connectivity index (χ4n) is 3.79. The predicted molar refractivity (Wildman–Crippen MR) is 100 cm³/mol. The lowest BCUT2D eigenvalue weighted by Gasteiger charge is -2.13. The lowest BCUT2D eigenvalue weighted by molar-refractivity contribution is 0.113. The van der Waals surface area contributed by atoms with Gasteiger partial charge in [0.05, 0.1) is 6.61 Å². The van der Waals surface area contributed by atoms with Crippen molar-refractivity contribution in [2.45, 2.75) is 52.7 Å². The number of benzene rings is 1. The van der Waals surface area contributed by atoms with Crippen LogP contribution in [0.1, 0.15) is 42.7 Å². The van der Waals surface area contributed by atoms with Crippen LogP contribution in [0.15, 0.2) is 12.1 Å². The van der Waals surface area contributed by atoms with Crippen LogP contribution in [0, 0.1) is 6.92 Å². The van der Waals surface area contributed by atoms with Gasteiger partial charge in [0.15, 0.2) is 0 Å². The molecule has 3 rings (SSSR count). The topological polar surface area (TPSA) is 43.4 Å². The largest absolute Gasteiger partial charge is 0.380 e. The molecule has 0 bridgehead atoms. The molecule has 1 unspecified atom stereocenters. The Morgan fingerprint density at radius 2 is 1.96 bits per heavy atom. The summed E-state index contributed by atoms with van der Waals surface area (Å²) in [6, 6.07) is 5.07. The van der Waals surface area contributed by atoms with Crippen molar-refractivity contribution in [2.24, 2.45) is 12.8 Å². The Hall–Kier alpha value is -1.36. The summed E-state index contributed by atoms with van der Waals surface area (Å²) in [4.78, 5) is 2.48. The first-order chi connectivity index (χ1) is 11.5. The van der Waals surface area contributed by atoms with Gasteiger partial charge in [0.2, 0.25) is 0 Å². The van der Waals surface area contributed by atoms with Crippen molar-refractivity contribution in [1.82, 2.24) is 9.47 Å². The van der Waals surface area contributed by atoms with Gasteiger partial charge in [-0.2, -0.15) is 0 Å². The SMILES string of the molecule is CCOCCN1Cc2cc3c(CCC(C)N)c(C)n(C)c3cc2C1. The maximum absolute atomic E-state index is 5.98. The zero-order valence-corrected chi connectivity index (χ0v) is 15.6. The van der Waals surface area contributed by atoms with Crippen LogP contribution >= 0.6 is 0 Å². The van der Waals surface area contributed by atoms with Crippen molar-refractivity contribution < 1.29 is 4.74 Å². The van der Waals surface area contributed by atoms with Gasteiger partial charge in [-0.15, -0.1) is 0 Å². The Bertz CT molecular complexity index is 717. The summed E-state index contributed by atoms with van der Waals surface area (Å²) in [5.74, 6) is 0. The molecule has 0 radical (unpaired) electrons.